The van der Waals surface area contributed by atoms with Gasteiger partial charge in [-0.3, -0.25) is 10.1 Å². The lowest BCUT2D eigenvalue weighted by Crippen LogP contribution is -2.29. The average Bonchev–Trinajstić information content (AvgIpc) is 2.27. The highest BCUT2D eigenvalue weighted by atomic mass is 35.5. The fraction of sp³-hybridized carbons (Fsp3) is 0.400. The summed E-state index contributed by atoms with van der Waals surface area (Å²) >= 11 is 5.62. The van der Waals surface area contributed by atoms with Gasteiger partial charge >= 0.3 is 0 Å². The third-order valence-corrected chi connectivity index (χ3v) is 4.04. The molecule has 0 aliphatic heterocycles. The van der Waals surface area contributed by atoms with E-state index in [4.69, 9.17) is 17.3 Å². The number of nitrogens with two attached hydrogens (primary N) is 1. The van der Waals surface area contributed by atoms with Crippen LogP contribution in [0.5, 0.6) is 0 Å². The third kappa shape index (κ3) is 5.22. The van der Waals surface area contributed by atoms with E-state index in [1.165, 1.54) is 6.07 Å². The second-order valence-electron chi connectivity index (χ2n) is 4.03. The first-order chi connectivity index (χ1) is 8.74. The Morgan fingerprint density at radius 3 is 2.60 bits per heavy atom. The predicted octanol–water partition coefficient (Wildman–Crippen LogP) is 1.69. The van der Waals surface area contributed by atoms with Crippen LogP contribution in [0.1, 0.15) is 13.3 Å². The van der Waals surface area contributed by atoms with Gasteiger partial charge in [0, 0.05) is 23.7 Å². The molecule has 0 bridgehead atoms. The molecule has 1 atom stereocenters. The van der Waals surface area contributed by atoms with Crippen LogP contribution in [0.4, 0.5) is 5.69 Å². The van der Waals surface area contributed by atoms with Crippen molar-refractivity contribution in [3.8, 4) is 0 Å². The van der Waals surface area contributed by atoms with Gasteiger partial charge in [0.25, 0.3) is 5.69 Å². The van der Waals surface area contributed by atoms with Crippen molar-refractivity contribution in [3.05, 3.63) is 33.3 Å². The van der Waals surface area contributed by atoms with Crippen molar-refractivity contribution in [2.75, 3.05) is 6.54 Å². The van der Waals surface area contributed by atoms with Crippen molar-refractivity contribution >= 4 is 39.7 Å². The van der Waals surface area contributed by atoms with E-state index in [0.29, 0.717) is 6.42 Å². The van der Waals surface area contributed by atoms with Crippen molar-refractivity contribution in [2.24, 2.45) is 5.73 Å². The van der Waals surface area contributed by atoms with E-state index in [1.807, 2.05) is 0 Å². The van der Waals surface area contributed by atoms with E-state index >= 15 is 0 Å². The summed E-state index contributed by atoms with van der Waals surface area (Å²) < 4.78 is 26.2. The van der Waals surface area contributed by atoms with Crippen LogP contribution in [0.2, 0.25) is 5.02 Å². The molecule has 0 aromatic heterocycles. The maximum absolute atomic E-state index is 12.0. The van der Waals surface area contributed by atoms with Crippen LogP contribution in [0.15, 0.2) is 23.1 Å². The lowest BCUT2D eigenvalue weighted by atomic mass is 10.3. The Kier molecular flexibility index (Phi) is 7.39. The molecule has 10 heteroatoms. The SMILES string of the molecule is CC(N)CCNS(=O)(=O)c1ccc(Cl)cc1[N+](=O)[O-].Cl. The van der Waals surface area contributed by atoms with Gasteiger partial charge in [-0.05, 0) is 25.5 Å². The van der Waals surface area contributed by atoms with Crippen LogP contribution in [0, 0.1) is 10.1 Å². The Hall–Kier alpha value is -0.930. The van der Waals surface area contributed by atoms with Crippen LogP contribution in [0.25, 0.3) is 0 Å². The highest BCUT2D eigenvalue weighted by Gasteiger charge is 2.25. The van der Waals surface area contributed by atoms with E-state index < -0.39 is 25.5 Å². The first-order valence-corrected chi connectivity index (χ1v) is 7.29. The molecule has 0 saturated heterocycles. The summed E-state index contributed by atoms with van der Waals surface area (Å²) in [5.41, 5.74) is 4.94. The van der Waals surface area contributed by atoms with E-state index in [9.17, 15) is 18.5 Å². The lowest BCUT2D eigenvalue weighted by Gasteiger charge is -2.08. The number of halogens is 2. The number of benzene rings is 1. The van der Waals surface area contributed by atoms with Crippen molar-refractivity contribution in [2.45, 2.75) is 24.3 Å². The summed E-state index contributed by atoms with van der Waals surface area (Å²) in [6.45, 7) is 1.85. The Balaban J connectivity index is 0.00000361. The van der Waals surface area contributed by atoms with Crippen LogP contribution < -0.4 is 10.5 Å². The van der Waals surface area contributed by atoms with E-state index in [1.54, 1.807) is 6.92 Å². The number of sulfonamides is 1. The normalized spacial score (nSPS) is 12.6. The predicted molar refractivity (Wildman–Crippen MR) is 78.8 cm³/mol. The molecule has 3 N–H and O–H groups in total. The minimum absolute atomic E-state index is 0. The molecule has 7 nitrogen and oxygen atoms in total. The second-order valence-corrected chi connectivity index (χ2v) is 6.20. The maximum atomic E-state index is 12.0. The molecule has 20 heavy (non-hydrogen) atoms. The number of hydrogen-bond acceptors (Lipinski definition) is 5. The summed E-state index contributed by atoms with van der Waals surface area (Å²) in [4.78, 5) is 9.64. The minimum atomic E-state index is -3.95. The van der Waals surface area contributed by atoms with Gasteiger partial charge in [0.15, 0.2) is 4.90 Å². The standard InChI is InChI=1S/C10H14ClN3O4S.ClH/c1-7(12)4-5-13-19(17,18)10-3-2-8(11)6-9(10)14(15)16;/h2-3,6-7,13H,4-5,12H2,1H3;1H. The van der Waals surface area contributed by atoms with Crippen LogP contribution >= 0.6 is 24.0 Å². The highest BCUT2D eigenvalue weighted by Crippen LogP contribution is 2.26. The van der Waals surface area contributed by atoms with Crippen molar-refractivity contribution in [3.63, 3.8) is 0 Å². The molecular formula is C10H15Cl2N3O4S. The molecule has 0 saturated carbocycles. The quantitative estimate of drug-likeness (QED) is 0.602. The summed E-state index contributed by atoms with van der Waals surface area (Å²) in [5.74, 6) is 0. The molecule has 0 amide bonds. The number of nitrogens with one attached hydrogen (secondary N) is 1. The van der Waals surface area contributed by atoms with Crippen LogP contribution in [0.3, 0.4) is 0 Å². The Labute approximate surface area is 128 Å². The van der Waals surface area contributed by atoms with Gasteiger partial charge in [-0.1, -0.05) is 11.6 Å². The fourth-order valence-corrected chi connectivity index (χ4v) is 2.72. The molecule has 0 aliphatic carbocycles. The smallest absolute Gasteiger partial charge is 0.290 e. The summed E-state index contributed by atoms with van der Waals surface area (Å²) in [6.07, 6.45) is 0.431. The molecule has 0 radical (unpaired) electrons. The first kappa shape index (κ1) is 19.1. The molecule has 0 aliphatic rings. The van der Waals surface area contributed by atoms with Crippen molar-refractivity contribution in [1.29, 1.82) is 0 Å². The summed E-state index contributed by atoms with van der Waals surface area (Å²) in [7, 11) is -3.95. The maximum Gasteiger partial charge on any atom is 0.290 e. The Morgan fingerprint density at radius 1 is 1.50 bits per heavy atom. The lowest BCUT2D eigenvalue weighted by molar-refractivity contribution is -0.387. The fourth-order valence-electron chi connectivity index (χ4n) is 1.36. The Bertz CT molecular complexity index is 578. The average molecular weight is 344 g/mol. The van der Waals surface area contributed by atoms with Gasteiger partial charge in [-0.25, -0.2) is 13.1 Å². The van der Waals surface area contributed by atoms with Crippen LogP contribution in [-0.4, -0.2) is 25.9 Å². The zero-order chi connectivity index (χ0) is 14.6. The first-order valence-electron chi connectivity index (χ1n) is 5.43. The van der Waals surface area contributed by atoms with Gasteiger partial charge in [-0.15, -0.1) is 12.4 Å². The van der Waals surface area contributed by atoms with E-state index in [2.05, 4.69) is 4.72 Å². The Morgan fingerprint density at radius 2 is 2.10 bits per heavy atom. The molecule has 1 unspecified atom stereocenters. The zero-order valence-corrected chi connectivity index (χ0v) is 13.0. The topological polar surface area (TPSA) is 115 Å². The molecule has 1 aromatic carbocycles. The molecular weight excluding hydrogens is 329 g/mol. The summed E-state index contributed by atoms with van der Waals surface area (Å²) in [5, 5.41) is 10.9. The molecule has 0 spiro atoms. The van der Waals surface area contributed by atoms with Crippen LogP contribution in [-0.2, 0) is 10.0 Å². The monoisotopic (exact) mass is 343 g/mol. The minimum Gasteiger partial charge on any atom is -0.328 e. The highest BCUT2D eigenvalue weighted by molar-refractivity contribution is 7.89. The molecule has 1 aromatic rings. The second kappa shape index (κ2) is 7.75. The number of nitrogens with zero attached hydrogens (tertiary/aromatic N) is 1. The molecule has 0 heterocycles. The molecule has 1 rings (SSSR count). The van der Waals surface area contributed by atoms with Crippen molar-refractivity contribution in [1.82, 2.24) is 4.72 Å². The van der Waals surface area contributed by atoms with Gasteiger partial charge in [-0.2, -0.15) is 0 Å². The largest absolute Gasteiger partial charge is 0.328 e. The van der Waals surface area contributed by atoms with Gasteiger partial charge in [0.2, 0.25) is 10.0 Å². The summed E-state index contributed by atoms with van der Waals surface area (Å²) in [6, 6.07) is 3.23. The number of nitro benzene ring substituents is 1. The number of rotatable bonds is 6. The molecule has 114 valence electrons. The number of nitro groups is 1. The van der Waals surface area contributed by atoms with Gasteiger partial charge in [0.05, 0.1) is 4.92 Å². The van der Waals surface area contributed by atoms with E-state index in [-0.39, 0.29) is 30.0 Å². The van der Waals surface area contributed by atoms with Gasteiger partial charge < -0.3 is 5.73 Å². The van der Waals surface area contributed by atoms with E-state index in [0.717, 1.165) is 12.1 Å². The third-order valence-electron chi connectivity index (χ3n) is 2.30. The number of hydrogen-bond donors (Lipinski definition) is 2. The van der Waals surface area contributed by atoms with Crippen molar-refractivity contribution < 1.29 is 13.3 Å². The molecule has 0 fully saturated rings. The zero-order valence-electron chi connectivity index (χ0n) is 10.6. The van der Waals surface area contributed by atoms with Gasteiger partial charge in [0.1, 0.15) is 0 Å².